The molecule has 4 heteroatoms. The molecule has 0 bridgehead atoms. The Morgan fingerprint density at radius 3 is 2.31 bits per heavy atom. The van der Waals surface area contributed by atoms with Gasteiger partial charge in [0, 0.05) is 6.26 Å². The molecule has 0 fully saturated rings. The van der Waals surface area contributed by atoms with Gasteiger partial charge in [-0.15, -0.1) is 6.42 Å². The van der Waals surface area contributed by atoms with Gasteiger partial charge in [-0.25, -0.2) is 8.42 Å². The van der Waals surface area contributed by atoms with Crippen molar-refractivity contribution in [2.24, 2.45) is 0 Å². The van der Waals surface area contributed by atoms with Gasteiger partial charge in [0.1, 0.15) is 0 Å². The lowest BCUT2D eigenvalue weighted by Crippen LogP contribution is -2.19. The van der Waals surface area contributed by atoms with E-state index in [1.807, 2.05) is 6.92 Å². The van der Waals surface area contributed by atoms with Gasteiger partial charge in [-0.1, -0.05) is 25.0 Å². The van der Waals surface area contributed by atoms with E-state index in [0.29, 0.717) is 4.90 Å². The van der Waals surface area contributed by atoms with Crippen molar-refractivity contribution in [3.05, 3.63) is 29.8 Å². The highest BCUT2D eigenvalue weighted by atomic mass is 32.2. The summed E-state index contributed by atoms with van der Waals surface area (Å²) < 4.78 is 22.5. The Morgan fingerprint density at radius 2 is 1.94 bits per heavy atom. The lowest BCUT2D eigenvalue weighted by atomic mass is 10.1. The van der Waals surface area contributed by atoms with Crippen molar-refractivity contribution >= 4 is 9.84 Å². The van der Waals surface area contributed by atoms with Crippen molar-refractivity contribution in [1.82, 2.24) is 5.32 Å². The fraction of sp³-hybridized carbons (Fsp3) is 0.333. The van der Waals surface area contributed by atoms with Gasteiger partial charge in [0.15, 0.2) is 9.84 Å². The third kappa shape index (κ3) is 3.09. The first-order chi connectivity index (χ1) is 7.49. The van der Waals surface area contributed by atoms with Crippen LogP contribution in [0.25, 0.3) is 0 Å². The summed E-state index contributed by atoms with van der Waals surface area (Å²) in [5, 5.41) is 3.12. The largest absolute Gasteiger partial charge is 0.300 e. The molecule has 0 amide bonds. The normalized spacial score (nSPS) is 13.1. The second-order valence-corrected chi connectivity index (χ2v) is 5.51. The number of rotatable bonds is 4. The molecule has 0 saturated heterocycles. The number of nitrogens with one attached hydrogen (secondary N) is 1. The topological polar surface area (TPSA) is 46.2 Å². The summed E-state index contributed by atoms with van der Waals surface area (Å²) in [7, 11) is -3.14. The summed E-state index contributed by atoms with van der Waals surface area (Å²) in [6.45, 7) is 2.73. The van der Waals surface area contributed by atoms with Crippen LogP contribution in [0, 0.1) is 12.3 Å². The third-order valence-electron chi connectivity index (χ3n) is 2.22. The molecule has 1 unspecified atom stereocenters. The Morgan fingerprint density at radius 1 is 1.38 bits per heavy atom. The van der Waals surface area contributed by atoms with Crippen molar-refractivity contribution < 1.29 is 8.42 Å². The molecule has 1 N–H and O–H groups in total. The number of hydrogen-bond acceptors (Lipinski definition) is 3. The molecule has 0 heterocycles. The fourth-order valence-electron chi connectivity index (χ4n) is 1.38. The fourth-order valence-corrected chi connectivity index (χ4v) is 2.02. The first-order valence-electron chi connectivity index (χ1n) is 4.98. The maximum Gasteiger partial charge on any atom is 0.175 e. The van der Waals surface area contributed by atoms with Crippen molar-refractivity contribution in [1.29, 1.82) is 0 Å². The number of hydrogen-bond donors (Lipinski definition) is 1. The molecule has 0 aliphatic carbocycles. The second kappa shape index (κ2) is 5.15. The van der Waals surface area contributed by atoms with Gasteiger partial charge >= 0.3 is 0 Å². The molecule has 3 nitrogen and oxygen atoms in total. The lowest BCUT2D eigenvalue weighted by molar-refractivity contribution is 0.601. The predicted molar refractivity (Wildman–Crippen MR) is 64.8 cm³/mol. The third-order valence-corrected chi connectivity index (χ3v) is 3.34. The van der Waals surface area contributed by atoms with E-state index in [4.69, 9.17) is 6.42 Å². The van der Waals surface area contributed by atoms with E-state index in [0.717, 1.165) is 12.1 Å². The first-order valence-corrected chi connectivity index (χ1v) is 6.87. The maximum absolute atomic E-state index is 11.3. The zero-order valence-corrected chi connectivity index (χ0v) is 10.2. The van der Waals surface area contributed by atoms with Crippen LogP contribution >= 0.6 is 0 Å². The summed E-state index contributed by atoms with van der Waals surface area (Å²) in [5.41, 5.74) is 0.900. The Hall–Kier alpha value is -1.31. The van der Waals surface area contributed by atoms with Crippen LogP contribution in [0.2, 0.25) is 0 Å². The van der Waals surface area contributed by atoms with Crippen molar-refractivity contribution in [2.75, 3.05) is 12.8 Å². The highest BCUT2D eigenvalue weighted by Gasteiger charge is 2.09. The summed E-state index contributed by atoms with van der Waals surface area (Å²) in [4.78, 5) is 0.309. The van der Waals surface area contributed by atoms with Gasteiger partial charge in [0.25, 0.3) is 0 Å². The van der Waals surface area contributed by atoms with E-state index in [-0.39, 0.29) is 6.04 Å². The maximum atomic E-state index is 11.3. The summed E-state index contributed by atoms with van der Waals surface area (Å²) in [5.74, 6) is 2.62. The minimum atomic E-state index is -3.14. The van der Waals surface area contributed by atoms with Crippen LogP contribution in [-0.4, -0.2) is 21.2 Å². The summed E-state index contributed by atoms with van der Waals surface area (Å²) in [6.07, 6.45) is 6.57. The Bertz CT molecular complexity index is 483. The zero-order chi connectivity index (χ0) is 12.2. The number of sulfone groups is 1. The van der Waals surface area contributed by atoms with Crippen LogP contribution in [0.3, 0.4) is 0 Å². The molecule has 0 saturated carbocycles. The van der Waals surface area contributed by atoms with Crippen molar-refractivity contribution in [3.63, 3.8) is 0 Å². The quantitative estimate of drug-likeness (QED) is 0.805. The first kappa shape index (κ1) is 12.8. The van der Waals surface area contributed by atoms with Crippen molar-refractivity contribution in [2.45, 2.75) is 17.9 Å². The molecule has 0 spiro atoms. The molecule has 0 aliphatic heterocycles. The van der Waals surface area contributed by atoms with Gasteiger partial charge in [-0.3, -0.25) is 0 Å². The molecule has 1 aromatic rings. The standard InChI is InChI=1S/C12H15NO2S/c1-4-12(13-5-2)10-6-8-11(9-7-10)16(3,14)15/h1,6-9,12-13H,5H2,2-3H3. The Labute approximate surface area is 96.8 Å². The minimum absolute atomic E-state index is 0.168. The molecule has 0 radical (unpaired) electrons. The van der Waals surface area contributed by atoms with Crippen molar-refractivity contribution in [3.8, 4) is 12.3 Å². The SMILES string of the molecule is C#CC(NCC)c1ccc(S(C)(=O)=O)cc1. The van der Waals surface area contributed by atoms with Crippen LogP contribution < -0.4 is 5.32 Å². The average molecular weight is 237 g/mol. The average Bonchev–Trinajstić information content (AvgIpc) is 2.25. The molecule has 0 aromatic heterocycles. The number of benzene rings is 1. The van der Waals surface area contributed by atoms with Gasteiger partial charge in [-0.2, -0.15) is 0 Å². The van der Waals surface area contributed by atoms with E-state index in [9.17, 15) is 8.42 Å². The van der Waals surface area contributed by atoms with Crippen LogP contribution in [0.4, 0.5) is 0 Å². The summed E-state index contributed by atoms with van der Waals surface area (Å²) >= 11 is 0. The van der Waals surface area contributed by atoms with Crippen LogP contribution in [0.15, 0.2) is 29.2 Å². The molecule has 1 rings (SSSR count). The predicted octanol–water partition coefficient (Wildman–Crippen LogP) is 1.37. The molecule has 16 heavy (non-hydrogen) atoms. The van der Waals surface area contributed by atoms with Gasteiger partial charge in [-0.05, 0) is 24.2 Å². The van der Waals surface area contributed by atoms with E-state index in [1.54, 1.807) is 24.3 Å². The lowest BCUT2D eigenvalue weighted by Gasteiger charge is -2.11. The van der Waals surface area contributed by atoms with Crippen LogP contribution in [0.1, 0.15) is 18.5 Å². The second-order valence-electron chi connectivity index (χ2n) is 3.50. The Balaban J connectivity index is 2.99. The highest BCUT2D eigenvalue weighted by Crippen LogP contribution is 2.15. The highest BCUT2D eigenvalue weighted by molar-refractivity contribution is 7.90. The monoisotopic (exact) mass is 237 g/mol. The van der Waals surface area contributed by atoms with Gasteiger partial charge in [0.05, 0.1) is 10.9 Å². The van der Waals surface area contributed by atoms with Crippen LogP contribution in [-0.2, 0) is 9.84 Å². The molecule has 1 aromatic carbocycles. The molecular formula is C12H15NO2S. The minimum Gasteiger partial charge on any atom is -0.300 e. The van der Waals surface area contributed by atoms with E-state index in [1.165, 1.54) is 6.26 Å². The van der Waals surface area contributed by atoms with Gasteiger partial charge < -0.3 is 5.32 Å². The van der Waals surface area contributed by atoms with E-state index < -0.39 is 9.84 Å². The zero-order valence-electron chi connectivity index (χ0n) is 9.40. The molecule has 1 atom stereocenters. The molecular weight excluding hydrogens is 222 g/mol. The van der Waals surface area contributed by atoms with E-state index >= 15 is 0 Å². The van der Waals surface area contributed by atoms with E-state index in [2.05, 4.69) is 11.2 Å². The summed E-state index contributed by atoms with van der Waals surface area (Å²) in [6, 6.07) is 6.46. The van der Waals surface area contributed by atoms with Crippen LogP contribution in [0.5, 0.6) is 0 Å². The smallest absolute Gasteiger partial charge is 0.175 e. The van der Waals surface area contributed by atoms with Gasteiger partial charge in [0.2, 0.25) is 0 Å². The Kier molecular flexibility index (Phi) is 4.11. The molecule has 0 aliphatic rings. The molecule has 86 valence electrons. The number of terminal acetylenes is 1.